The number of nitrogens with two attached hydrogens (primary N) is 1. The summed E-state index contributed by atoms with van der Waals surface area (Å²) in [5, 5.41) is 8.73. The molecule has 0 spiro atoms. The van der Waals surface area contributed by atoms with Crippen LogP contribution in [0.4, 0.5) is 4.79 Å². The van der Waals surface area contributed by atoms with Crippen molar-refractivity contribution >= 4 is 6.09 Å². The van der Waals surface area contributed by atoms with Crippen molar-refractivity contribution in [2.24, 2.45) is 5.73 Å². The van der Waals surface area contributed by atoms with Crippen LogP contribution in [0.1, 0.15) is 57.6 Å². The van der Waals surface area contributed by atoms with Crippen molar-refractivity contribution in [2.75, 3.05) is 13.1 Å². The van der Waals surface area contributed by atoms with Crippen LogP contribution < -0.4 is 5.73 Å². The topological polar surface area (TPSA) is 86.3 Å². The number of fused-ring (bicyclic) bond motifs is 1. The highest BCUT2D eigenvalue weighted by molar-refractivity contribution is 5.68. The van der Waals surface area contributed by atoms with Crippen LogP contribution in [0.15, 0.2) is 0 Å². The zero-order valence-electron chi connectivity index (χ0n) is 14.3. The molecule has 7 nitrogen and oxygen atoms in total. The van der Waals surface area contributed by atoms with Crippen LogP contribution in [0.2, 0.25) is 0 Å². The molecule has 1 amide bonds. The summed E-state index contributed by atoms with van der Waals surface area (Å²) in [6, 6.07) is -0.0576. The molecule has 2 N–H and O–H groups in total. The quantitative estimate of drug-likeness (QED) is 0.850. The lowest BCUT2D eigenvalue weighted by Crippen LogP contribution is -2.50. The summed E-state index contributed by atoms with van der Waals surface area (Å²) in [7, 11) is 0. The molecule has 0 radical (unpaired) electrons. The van der Waals surface area contributed by atoms with Gasteiger partial charge in [-0.25, -0.2) is 4.79 Å². The molecular weight excluding hydrogens is 294 g/mol. The summed E-state index contributed by atoms with van der Waals surface area (Å²) >= 11 is 0. The van der Waals surface area contributed by atoms with E-state index in [4.69, 9.17) is 10.5 Å². The van der Waals surface area contributed by atoms with Gasteiger partial charge in [0.15, 0.2) is 0 Å². The summed E-state index contributed by atoms with van der Waals surface area (Å²) in [4.78, 5) is 14.1. The fourth-order valence-electron chi connectivity index (χ4n) is 3.43. The molecule has 0 aliphatic carbocycles. The van der Waals surface area contributed by atoms with Gasteiger partial charge in [-0.3, -0.25) is 0 Å². The molecule has 3 heterocycles. The summed E-state index contributed by atoms with van der Waals surface area (Å²) in [5.41, 5.74) is 5.69. The van der Waals surface area contributed by atoms with Gasteiger partial charge in [-0.2, -0.15) is 0 Å². The summed E-state index contributed by atoms with van der Waals surface area (Å²) in [5.74, 6) is 2.17. The smallest absolute Gasteiger partial charge is 0.410 e. The number of aryl methyl sites for hydroxylation is 1. The van der Waals surface area contributed by atoms with Crippen LogP contribution >= 0.6 is 0 Å². The minimum Gasteiger partial charge on any atom is -0.444 e. The number of ether oxygens (including phenoxy) is 1. The van der Waals surface area contributed by atoms with E-state index in [1.165, 1.54) is 6.42 Å². The number of carbonyl (C=O) groups excluding carboxylic acids is 1. The first-order valence-electron chi connectivity index (χ1n) is 8.49. The van der Waals surface area contributed by atoms with E-state index in [-0.39, 0.29) is 18.1 Å². The minimum atomic E-state index is -0.498. The van der Waals surface area contributed by atoms with Crippen molar-refractivity contribution in [3.8, 4) is 0 Å². The van der Waals surface area contributed by atoms with Crippen molar-refractivity contribution in [3.05, 3.63) is 11.6 Å². The summed E-state index contributed by atoms with van der Waals surface area (Å²) in [6.07, 6.45) is 3.86. The number of piperidine rings is 1. The van der Waals surface area contributed by atoms with Crippen LogP contribution in [0.5, 0.6) is 0 Å². The summed E-state index contributed by atoms with van der Waals surface area (Å²) < 4.78 is 7.71. The van der Waals surface area contributed by atoms with Gasteiger partial charge in [-0.1, -0.05) is 0 Å². The lowest BCUT2D eigenvalue weighted by molar-refractivity contribution is 0.0176. The zero-order valence-corrected chi connectivity index (χ0v) is 14.3. The Bertz CT molecular complexity index is 578. The molecule has 0 saturated carbocycles. The number of likely N-dealkylation sites (tertiary alicyclic amines) is 1. The second-order valence-corrected chi connectivity index (χ2v) is 7.66. The van der Waals surface area contributed by atoms with E-state index >= 15 is 0 Å². The van der Waals surface area contributed by atoms with Gasteiger partial charge < -0.3 is 19.9 Å². The van der Waals surface area contributed by atoms with E-state index in [2.05, 4.69) is 14.8 Å². The standard InChI is InChI=1S/C16H27N5O2/c1-16(2,3)23-15(22)20-9-11(8-12(17)10-20)14-19-18-13-6-4-5-7-21(13)14/h11-12H,4-10,17H2,1-3H3/t11-,12-/m1/s1. The van der Waals surface area contributed by atoms with Crippen LogP contribution in [-0.4, -0.2) is 50.5 Å². The monoisotopic (exact) mass is 321 g/mol. The molecule has 0 aromatic carbocycles. The number of rotatable bonds is 1. The third-order valence-electron chi connectivity index (χ3n) is 4.39. The Hall–Kier alpha value is -1.63. The third kappa shape index (κ3) is 3.65. The number of nitrogens with zero attached hydrogens (tertiary/aromatic N) is 4. The fraction of sp³-hybridized carbons (Fsp3) is 0.812. The Balaban J connectivity index is 1.76. The van der Waals surface area contributed by atoms with Gasteiger partial charge in [0.25, 0.3) is 0 Å². The van der Waals surface area contributed by atoms with Crippen molar-refractivity contribution < 1.29 is 9.53 Å². The average molecular weight is 321 g/mol. The Morgan fingerprint density at radius 3 is 2.78 bits per heavy atom. The molecule has 2 aliphatic heterocycles. The molecule has 1 saturated heterocycles. The van der Waals surface area contributed by atoms with Gasteiger partial charge in [0.05, 0.1) is 0 Å². The first kappa shape index (κ1) is 16.2. The largest absolute Gasteiger partial charge is 0.444 e. The van der Waals surface area contributed by atoms with Crippen LogP contribution in [0, 0.1) is 0 Å². The third-order valence-corrected chi connectivity index (χ3v) is 4.39. The lowest BCUT2D eigenvalue weighted by Gasteiger charge is -2.37. The van der Waals surface area contributed by atoms with E-state index in [1.54, 1.807) is 4.90 Å². The molecule has 2 atom stereocenters. The molecule has 3 rings (SSSR count). The van der Waals surface area contributed by atoms with E-state index in [9.17, 15) is 4.79 Å². The number of hydrogen-bond acceptors (Lipinski definition) is 5. The highest BCUT2D eigenvalue weighted by Gasteiger charge is 2.34. The molecule has 1 fully saturated rings. The second kappa shape index (κ2) is 6.11. The Kier molecular flexibility index (Phi) is 4.31. The van der Waals surface area contributed by atoms with Crippen LogP contribution in [0.25, 0.3) is 0 Å². The lowest BCUT2D eigenvalue weighted by atomic mass is 9.94. The number of carbonyl (C=O) groups is 1. The number of aromatic nitrogens is 3. The van der Waals surface area contributed by atoms with Crippen molar-refractivity contribution in [1.29, 1.82) is 0 Å². The minimum absolute atomic E-state index is 0.0576. The van der Waals surface area contributed by atoms with Gasteiger partial charge in [0.1, 0.15) is 17.2 Å². The SMILES string of the molecule is CC(C)(C)OC(=O)N1C[C@H](N)C[C@@H](c2nnc3n2CCCC3)C1. The van der Waals surface area contributed by atoms with Gasteiger partial charge in [-0.05, 0) is 40.0 Å². The molecule has 0 bridgehead atoms. The van der Waals surface area contributed by atoms with E-state index in [1.807, 2.05) is 20.8 Å². The highest BCUT2D eigenvalue weighted by atomic mass is 16.6. The Labute approximate surface area is 137 Å². The molecule has 23 heavy (non-hydrogen) atoms. The fourth-order valence-corrected chi connectivity index (χ4v) is 3.43. The van der Waals surface area contributed by atoms with E-state index in [0.29, 0.717) is 13.1 Å². The van der Waals surface area contributed by atoms with Gasteiger partial charge >= 0.3 is 6.09 Å². The Morgan fingerprint density at radius 2 is 2.04 bits per heavy atom. The molecule has 1 aromatic heterocycles. The molecule has 1 aromatic rings. The predicted molar refractivity (Wildman–Crippen MR) is 86.1 cm³/mol. The van der Waals surface area contributed by atoms with E-state index in [0.717, 1.165) is 37.5 Å². The van der Waals surface area contributed by atoms with Crippen LogP contribution in [0.3, 0.4) is 0 Å². The van der Waals surface area contributed by atoms with Gasteiger partial charge in [-0.15, -0.1) is 10.2 Å². The first-order chi connectivity index (χ1) is 10.8. The summed E-state index contributed by atoms with van der Waals surface area (Å²) in [6.45, 7) is 7.73. The van der Waals surface area contributed by atoms with Crippen molar-refractivity contribution in [3.63, 3.8) is 0 Å². The van der Waals surface area contributed by atoms with Gasteiger partial charge in [0, 0.05) is 38.0 Å². The molecular formula is C16H27N5O2. The normalized spacial score (nSPS) is 25.1. The molecule has 7 heteroatoms. The maximum Gasteiger partial charge on any atom is 0.410 e. The number of hydrogen-bond donors (Lipinski definition) is 1. The van der Waals surface area contributed by atoms with Crippen molar-refractivity contribution in [2.45, 2.75) is 70.6 Å². The molecule has 128 valence electrons. The van der Waals surface area contributed by atoms with Crippen molar-refractivity contribution in [1.82, 2.24) is 19.7 Å². The molecule has 0 unspecified atom stereocenters. The number of amides is 1. The first-order valence-corrected chi connectivity index (χ1v) is 8.49. The average Bonchev–Trinajstić information content (AvgIpc) is 2.88. The maximum atomic E-state index is 12.4. The predicted octanol–water partition coefficient (Wildman–Crippen LogP) is 1.67. The second-order valence-electron chi connectivity index (χ2n) is 7.66. The van der Waals surface area contributed by atoms with E-state index < -0.39 is 5.60 Å². The zero-order chi connectivity index (χ0) is 16.6. The van der Waals surface area contributed by atoms with Gasteiger partial charge in [0.2, 0.25) is 0 Å². The van der Waals surface area contributed by atoms with Crippen LogP contribution in [-0.2, 0) is 17.7 Å². The Morgan fingerprint density at radius 1 is 1.26 bits per heavy atom. The highest BCUT2D eigenvalue weighted by Crippen LogP contribution is 2.28. The maximum absolute atomic E-state index is 12.4. The molecule has 2 aliphatic rings.